The molecule has 1 aliphatic rings. The SMILES string of the molecule is CCOC(=O)N1C[C@H](O)C[C@H]1CCOc1ccccc1CCc1ccc(Cl)c(Cl)c1. The molecule has 0 unspecified atom stereocenters. The van der Waals surface area contributed by atoms with E-state index in [0.29, 0.717) is 42.6 Å². The lowest BCUT2D eigenvalue weighted by Gasteiger charge is -2.23. The number of β-amino-alcohol motifs (C(OH)–C–C–N with tert-alkyl or cyclic N) is 1. The van der Waals surface area contributed by atoms with Crippen LogP contribution in [0.15, 0.2) is 42.5 Å². The van der Waals surface area contributed by atoms with Crippen LogP contribution in [-0.4, -0.2) is 48.0 Å². The molecule has 0 spiro atoms. The maximum atomic E-state index is 12.1. The van der Waals surface area contributed by atoms with Gasteiger partial charge in [0, 0.05) is 12.5 Å². The van der Waals surface area contributed by atoms with Crippen molar-refractivity contribution in [1.29, 1.82) is 0 Å². The molecule has 0 radical (unpaired) electrons. The van der Waals surface area contributed by atoms with Crippen molar-refractivity contribution in [2.24, 2.45) is 0 Å². The van der Waals surface area contributed by atoms with E-state index in [1.165, 1.54) is 0 Å². The highest BCUT2D eigenvalue weighted by atomic mass is 35.5. The van der Waals surface area contributed by atoms with Gasteiger partial charge in [-0.3, -0.25) is 0 Å². The molecule has 1 heterocycles. The Morgan fingerprint density at radius 1 is 1.17 bits per heavy atom. The Bertz CT molecular complexity index is 861. The van der Waals surface area contributed by atoms with Crippen molar-refractivity contribution in [1.82, 2.24) is 4.90 Å². The first kappa shape index (κ1) is 22.7. The van der Waals surface area contributed by atoms with E-state index in [-0.39, 0.29) is 12.1 Å². The predicted molar refractivity (Wildman–Crippen MR) is 119 cm³/mol. The summed E-state index contributed by atoms with van der Waals surface area (Å²) >= 11 is 12.1. The number of aryl methyl sites for hydroxylation is 2. The molecule has 2 aromatic rings. The number of aliphatic hydroxyl groups is 1. The Morgan fingerprint density at radius 2 is 1.97 bits per heavy atom. The van der Waals surface area contributed by atoms with Crippen molar-refractivity contribution < 1.29 is 19.4 Å². The molecule has 2 aromatic carbocycles. The van der Waals surface area contributed by atoms with E-state index in [0.717, 1.165) is 29.7 Å². The van der Waals surface area contributed by atoms with Gasteiger partial charge in [-0.25, -0.2) is 4.79 Å². The average molecular weight is 452 g/mol. The molecular weight excluding hydrogens is 425 g/mol. The van der Waals surface area contributed by atoms with Crippen molar-refractivity contribution >= 4 is 29.3 Å². The van der Waals surface area contributed by atoms with Crippen molar-refractivity contribution in [3.05, 3.63) is 63.6 Å². The fraction of sp³-hybridized carbons (Fsp3) is 0.435. The Balaban J connectivity index is 1.55. The fourth-order valence-corrected chi connectivity index (χ4v) is 4.05. The van der Waals surface area contributed by atoms with E-state index in [1.807, 2.05) is 36.4 Å². The number of para-hydroxylation sites is 1. The van der Waals surface area contributed by atoms with E-state index in [2.05, 4.69) is 6.07 Å². The molecule has 1 N–H and O–H groups in total. The molecule has 7 heteroatoms. The molecule has 1 aliphatic heterocycles. The fourth-order valence-electron chi connectivity index (χ4n) is 3.73. The van der Waals surface area contributed by atoms with Crippen LogP contribution in [0.25, 0.3) is 0 Å². The van der Waals surface area contributed by atoms with Crippen molar-refractivity contribution in [3.63, 3.8) is 0 Å². The summed E-state index contributed by atoms with van der Waals surface area (Å²) in [4.78, 5) is 13.7. The molecular formula is C23H27Cl2NO4. The summed E-state index contributed by atoms with van der Waals surface area (Å²) in [5.41, 5.74) is 2.22. The van der Waals surface area contributed by atoms with Gasteiger partial charge in [-0.15, -0.1) is 0 Å². The summed E-state index contributed by atoms with van der Waals surface area (Å²) < 4.78 is 11.1. The van der Waals surface area contributed by atoms with Crippen LogP contribution in [0.3, 0.4) is 0 Å². The Labute approximate surface area is 187 Å². The molecule has 162 valence electrons. The van der Waals surface area contributed by atoms with E-state index in [1.54, 1.807) is 11.8 Å². The zero-order valence-corrected chi connectivity index (χ0v) is 18.5. The van der Waals surface area contributed by atoms with Crippen molar-refractivity contribution in [2.75, 3.05) is 19.8 Å². The number of likely N-dealkylation sites (tertiary alicyclic amines) is 1. The first-order valence-electron chi connectivity index (χ1n) is 10.2. The third-order valence-corrected chi connectivity index (χ3v) is 5.98. The number of hydrogen-bond donors (Lipinski definition) is 1. The third-order valence-electron chi connectivity index (χ3n) is 5.24. The standard InChI is InChI=1S/C23H27Cl2NO4/c1-2-29-23(28)26-15-19(27)14-18(26)11-12-30-22-6-4-3-5-17(22)9-7-16-8-10-20(24)21(25)13-16/h3-6,8,10,13,18-19,27H,2,7,9,11-12,14-15H2,1H3/t18-,19-/m1/s1. The van der Waals surface area contributed by atoms with Crippen LogP contribution >= 0.6 is 23.2 Å². The monoisotopic (exact) mass is 451 g/mol. The highest BCUT2D eigenvalue weighted by Crippen LogP contribution is 2.26. The van der Waals surface area contributed by atoms with Gasteiger partial charge in [-0.2, -0.15) is 0 Å². The summed E-state index contributed by atoms with van der Waals surface area (Å²) in [5.74, 6) is 0.832. The smallest absolute Gasteiger partial charge is 0.410 e. The third kappa shape index (κ3) is 6.03. The topological polar surface area (TPSA) is 59.0 Å². The zero-order chi connectivity index (χ0) is 21.5. The summed E-state index contributed by atoms with van der Waals surface area (Å²) in [7, 11) is 0. The minimum Gasteiger partial charge on any atom is -0.493 e. The Hall–Kier alpha value is -1.95. The largest absolute Gasteiger partial charge is 0.493 e. The molecule has 1 amide bonds. The average Bonchev–Trinajstić information content (AvgIpc) is 3.10. The second-order valence-electron chi connectivity index (χ2n) is 7.39. The molecule has 0 aromatic heterocycles. The Morgan fingerprint density at radius 3 is 2.73 bits per heavy atom. The quantitative estimate of drug-likeness (QED) is 0.603. The highest BCUT2D eigenvalue weighted by Gasteiger charge is 2.34. The van der Waals surface area contributed by atoms with Crippen LogP contribution in [0.5, 0.6) is 5.75 Å². The number of ether oxygens (including phenoxy) is 2. The molecule has 0 aliphatic carbocycles. The predicted octanol–water partition coefficient (Wildman–Crippen LogP) is 5.14. The number of carbonyl (C=O) groups is 1. The van der Waals surface area contributed by atoms with Gasteiger partial charge in [0.2, 0.25) is 0 Å². The normalized spacial score (nSPS) is 18.5. The van der Waals surface area contributed by atoms with Crippen LogP contribution in [0, 0.1) is 0 Å². The Kier molecular flexibility index (Phi) is 8.25. The van der Waals surface area contributed by atoms with Crippen LogP contribution in [0.1, 0.15) is 30.9 Å². The van der Waals surface area contributed by atoms with Gasteiger partial charge in [0.25, 0.3) is 0 Å². The van der Waals surface area contributed by atoms with E-state index < -0.39 is 6.10 Å². The molecule has 3 rings (SSSR count). The summed E-state index contributed by atoms with van der Waals surface area (Å²) in [5, 5.41) is 11.1. The molecule has 1 saturated heterocycles. The van der Waals surface area contributed by atoms with E-state index in [9.17, 15) is 9.90 Å². The van der Waals surface area contributed by atoms with Gasteiger partial charge < -0.3 is 19.5 Å². The van der Waals surface area contributed by atoms with Gasteiger partial charge in [0.1, 0.15) is 5.75 Å². The number of amides is 1. The number of nitrogens with zero attached hydrogens (tertiary/aromatic N) is 1. The molecule has 0 bridgehead atoms. The van der Waals surface area contributed by atoms with E-state index in [4.69, 9.17) is 32.7 Å². The number of benzene rings is 2. The van der Waals surface area contributed by atoms with Crippen LogP contribution < -0.4 is 4.74 Å². The van der Waals surface area contributed by atoms with Gasteiger partial charge in [0.15, 0.2) is 0 Å². The zero-order valence-electron chi connectivity index (χ0n) is 17.0. The minimum absolute atomic E-state index is 0.0811. The second-order valence-corrected chi connectivity index (χ2v) is 8.20. The van der Waals surface area contributed by atoms with Gasteiger partial charge in [-0.05, 0) is 55.5 Å². The highest BCUT2D eigenvalue weighted by molar-refractivity contribution is 6.42. The molecule has 0 saturated carbocycles. The molecule has 2 atom stereocenters. The summed E-state index contributed by atoms with van der Waals surface area (Å²) in [6.45, 7) is 2.86. The molecule has 30 heavy (non-hydrogen) atoms. The van der Waals surface area contributed by atoms with E-state index >= 15 is 0 Å². The van der Waals surface area contributed by atoms with Gasteiger partial charge in [-0.1, -0.05) is 47.5 Å². The lowest BCUT2D eigenvalue weighted by atomic mass is 10.0. The summed E-state index contributed by atoms with van der Waals surface area (Å²) in [6.07, 6.45) is 1.92. The number of carbonyl (C=O) groups excluding carboxylic acids is 1. The number of halogens is 2. The molecule has 1 fully saturated rings. The number of rotatable bonds is 8. The molecule has 5 nitrogen and oxygen atoms in total. The van der Waals surface area contributed by atoms with Gasteiger partial charge in [0.05, 0.1) is 35.9 Å². The minimum atomic E-state index is -0.516. The maximum absolute atomic E-state index is 12.1. The second kappa shape index (κ2) is 10.9. The maximum Gasteiger partial charge on any atom is 0.410 e. The van der Waals surface area contributed by atoms with Crippen LogP contribution in [0.4, 0.5) is 4.79 Å². The number of hydrogen-bond acceptors (Lipinski definition) is 4. The van der Waals surface area contributed by atoms with Crippen LogP contribution in [-0.2, 0) is 17.6 Å². The van der Waals surface area contributed by atoms with Gasteiger partial charge >= 0.3 is 6.09 Å². The summed E-state index contributed by atoms with van der Waals surface area (Å²) in [6, 6.07) is 13.5. The first-order chi connectivity index (χ1) is 14.5. The van der Waals surface area contributed by atoms with Crippen LogP contribution in [0.2, 0.25) is 10.0 Å². The number of aliphatic hydroxyl groups excluding tert-OH is 1. The lowest BCUT2D eigenvalue weighted by molar-refractivity contribution is 0.0941. The van der Waals surface area contributed by atoms with Crippen molar-refractivity contribution in [3.8, 4) is 5.75 Å². The van der Waals surface area contributed by atoms with Crippen molar-refractivity contribution in [2.45, 2.75) is 44.8 Å². The lowest BCUT2D eigenvalue weighted by Crippen LogP contribution is -2.37. The first-order valence-corrected chi connectivity index (χ1v) is 11.0.